The van der Waals surface area contributed by atoms with E-state index in [1.165, 1.54) is 0 Å². The van der Waals surface area contributed by atoms with Gasteiger partial charge in [0.05, 0.1) is 12.2 Å². The summed E-state index contributed by atoms with van der Waals surface area (Å²) in [6.07, 6.45) is 0. The summed E-state index contributed by atoms with van der Waals surface area (Å²) >= 11 is 7.44. The van der Waals surface area contributed by atoms with Crippen molar-refractivity contribution in [1.29, 1.82) is 0 Å². The van der Waals surface area contributed by atoms with Gasteiger partial charge < -0.3 is 15.5 Å². The van der Waals surface area contributed by atoms with Gasteiger partial charge in [-0.1, -0.05) is 23.7 Å². The van der Waals surface area contributed by atoms with Gasteiger partial charge in [0.15, 0.2) is 5.13 Å². The monoisotopic (exact) mass is 324 g/mol. The average molecular weight is 325 g/mol. The Hall–Kier alpha value is -1.79. The van der Waals surface area contributed by atoms with E-state index < -0.39 is 0 Å². The smallest absolute Gasteiger partial charge is 0.315 e. The molecule has 112 valence electrons. The number of benzene rings is 1. The Kier molecular flexibility index (Phi) is 5.41. The highest BCUT2D eigenvalue weighted by atomic mass is 35.5. The molecular weight excluding hydrogens is 308 g/mol. The summed E-state index contributed by atoms with van der Waals surface area (Å²) in [6.45, 7) is 0.845. The molecule has 2 aromatic rings. The van der Waals surface area contributed by atoms with E-state index in [2.05, 4.69) is 15.6 Å². The molecule has 2 amide bonds. The fourth-order valence-corrected chi connectivity index (χ4v) is 2.62. The molecular formula is C14H17ClN4OS. The summed E-state index contributed by atoms with van der Waals surface area (Å²) in [5.74, 6) is 0. The molecule has 2 rings (SSSR count). The second kappa shape index (κ2) is 7.28. The van der Waals surface area contributed by atoms with Crippen molar-refractivity contribution in [1.82, 2.24) is 15.6 Å². The second-order valence-electron chi connectivity index (χ2n) is 4.68. The van der Waals surface area contributed by atoms with Crippen LogP contribution in [0.4, 0.5) is 9.93 Å². The average Bonchev–Trinajstić information content (AvgIpc) is 2.92. The molecule has 0 fully saturated rings. The summed E-state index contributed by atoms with van der Waals surface area (Å²) in [5.41, 5.74) is 1.81. The molecule has 0 unspecified atom stereocenters. The minimum atomic E-state index is -0.227. The van der Waals surface area contributed by atoms with Crippen LogP contribution in [0, 0.1) is 0 Å². The zero-order valence-electron chi connectivity index (χ0n) is 11.9. The van der Waals surface area contributed by atoms with E-state index >= 15 is 0 Å². The quantitative estimate of drug-likeness (QED) is 0.889. The molecule has 7 heteroatoms. The number of aromatic nitrogens is 1. The number of urea groups is 1. The van der Waals surface area contributed by atoms with E-state index in [1.54, 1.807) is 17.4 Å². The minimum absolute atomic E-state index is 0.227. The Labute approximate surface area is 132 Å². The molecule has 0 saturated heterocycles. The number of nitrogens with one attached hydrogen (secondary N) is 2. The Morgan fingerprint density at radius 2 is 2.10 bits per heavy atom. The van der Waals surface area contributed by atoms with Gasteiger partial charge in [0.1, 0.15) is 0 Å². The molecule has 0 bridgehead atoms. The van der Waals surface area contributed by atoms with Crippen LogP contribution < -0.4 is 15.5 Å². The number of hydrogen-bond acceptors (Lipinski definition) is 4. The van der Waals surface area contributed by atoms with Crippen LogP contribution in [0.3, 0.4) is 0 Å². The Morgan fingerprint density at radius 1 is 1.33 bits per heavy atom. The normalized spacial score (nSPS) is 10.2. The highest BCUT2D eigenvalue weighted by Gasteiger charge is 2.05. The first-order chi connectivity index (χ1) is 10.0. The highest BCUT2D eigenvalue weighted by Crippen LogP contribution is 2.17. The van der Waals surface area contributed by atoms with Crippen LogP contribution in [0.25, 0.3) is 0 Å². The summed E-state index contributed by atoms with van der Waals surface area (Å²) in [4.78, 5) is 18.1. The van der Waals surface area contributed by atoms with Gasteiger partial charge in [0, 0.05) is 31.0 Å². The van der Waals surface area contributed by atoms with Gasteiger partial charge in [-0.05, 0) is 17.7 Å². The maximum Gasteiger partial charge on any atom is 0.315 e. The van der Waals surface area contributed by atoms with Crippen molar-refractivity contribution < 1.29 is 4.79 Å². The van der Waals surface area contributed by atoms with E-state index in [-0.39, 0.29) is 6.03 Å². The summed E-state index contributed by atoms with van der Waals surface area (Å²) in [5, 5.41) is 9.08. The molecule has 0 radical (unpaired) electrons. The lowest BCUT2D eigenvalue weighted by atomic mass is 10.2. The molecule has 0 spiro atoms. The number of amides is 2. The SMILES string of the molecule is CN(C)c1nc(CNC(=O)NCc2cccc(Cl)c2)cs1. The van der Waals surface area contributed by atoms with Crippen molar-refractivity contribution in [3.63, 3.8) is 0 Å². The molecule has 5 nitrogen and oxygen atoms in total. The highest BCUT2D eigenvalue weighted by molar-refractivity contribution is 7.13. The molecule has 0 aliphatic heterocycles. The molecule has 0 aliphatic carbocycles. The largest absolute Gasteiger partial charge is 0.354 e. The van der Waals surface area contributed by atoms with Gasteiger partial charge in [-0.15, -0.1) is 11.3 Å². The van der Waals surface area contributed by atoms with Crippen LogP contribution in [-0.4, -0.2) is 25.1 Å². The van der Waals surface area contributed by atoms with Crippen LogP contribution in [0.1, 0.15) is 11.3 Å². The zero-order valence-corrected chi connectivity index (χ0v) is 13.5. The minimum Gasteiger partial charge on any atom is -0.354 e. The van der Waals surface area contributed by atoms with Crippen LogP contribution in [0.15, 0.2) is 29.6 Å². The van der Waals surface area contributed by atoms with Gasteiger partial charge in [0.2, 0.25) is 0 Å². The van der Waals surface area contributed by atoms with E-state index in [0.29, 0.717) is 18.1 Å². The second-order valence-corrected chi connectivity index (χ2v) is 5.95. The topological polar surface area (TPSA) is 57.3 Å². The van der Waals surface area contributed by atoms with Gasteiger partial charge in [-0.25, -0.2) is 9.78 Å². The zero-order chi connectivity index (χ0) is 15.2. The first-order valence-corrected chi connectivity index (χ1v) is 7.68. The van der Waals surface area contributed by atoms with E-state index in [0.717, 1.165) is 16.4 Å². The Bertz CT molecular complexity index is 615. The summed E-state index contributed by atoms with van der Waals surface area (Å²) in [6, 6.07) is 7.17. The lowest BCUT2D eigenvalue weighted by molar-refractivity contribution is 0.240. The van der Waals surface area contributed by atoms with Crippen molar-refractivity contribution in [3.05, 3.63) is 45.9 Å². The maximum atomic E-state index is 11.7. The predicted octanol–water partition coefficient (Wildman–Crippen LogP) is 2.86. The van der Waals surface area contributed by atoms with Gasteiger partial charge in [-0.3, -0.25) is 0 Å². The molecule has 21 heavy (non-hydrogen) atoms. The standard InChI is InChI=1S/C14H17ClN4OS/c1-19(2)14-18-12(9-21-14)8-17-13(20)16-7-10-4-3-5-11(15)6-10/h3-6,9H,7-8H2,1-2H3,(H2,16,17,20). The number of hydrogen-bond donors (Lipinski definition) is 2. The number of anilines is 1. The van der Waals surface area contributed by atoms with Crippen molar-refractivity contribution in [2.24, 2.45) is 0 Å². The number of carbonyl (C=O) groups is 1. The number of nitrogens with zero attached hydrogens (tertiary/aromatic N) is 2. The van der Waals surface area contributed by atoms with Crippen LogP contribution in [-0.2, 0) is 13.1 Å². The van der Waals surface area contributed by atoms with Crippen LogP contribution >= 0.6 is 22.9 Å². The third-order valence-corrected chi connectivity index (χ3v) is 3.99. The molecule has 0 saturated carbocycles. The molecule has 0 atom stereocenters. The third kappa shape index (κ3) is 4.91. The van der Waals surface area contributed by atoms with Crippen molar-refractivity contribution in [2.45, 2.75) is 13.1 Å². The summed E-state index contributed by atoms with van der Waals surface area (Å²) < 4.78 is 0. The van der Waals surface area contributed by atoms with Crippen molar-refractivity contribution in [3.8, 4) is 0 Å². The van der Waals surface area contributed by atoms with E-state index in [4.69, 9.17) is 11.6 Å². The number of carbonyl (C=O) groups excluding carboxylic acids is 1. The van der Waals surface area contributed by atoms with Gasteiger partial charge in [-0.2, -0.15) is 0 Å². The molecule has 2 N–H and O–H groups in total. The predicted molar refractivity (Wildman–Crippen MR) is 87.0 cm³/mol. The van der Waals surface area contributed by atoms with Gasteiger partial charge >= 0.3 is 6.03 Å². The lowest BCUT2D eigenvalue weighted by Gasteiger charge is -2.07. The number of halogens is 1. The molecule has 1 heterocycles. The fourth-order valence-electron chi connectivity index (χ4n) is 1.65. The molecule has 1 aromatic heterocycles. The van der Waals surface area contributed by atoms with E-state index in [1.807, 2.05) is 42.6 Å². The Balaban J connectivity index is 1.76. The van der Waals surface area contributed by atoms with Crippen LogP contribution in [0.2, 0.25) is 5.02 Å². The lowest BCUT2D eigenvalue weighted by Crippen LogP contribution is -2.34. The van der Waals surface area contributed by atoms with Crippen molar-refractivity contribution in [2.75, 3.05) is 19.0 Å². The first kappa shape index (κ1) is 15.6. The molecule has 1 aromatic carbocycles. The third-order valence-electron chi connectivity index (χ3n) is 2.69. The Morgan fingerprint density at radius 3 is 2.76 bits per heavy atom. The van der Waals surface area contributed by atoms with E-state index in [9.17, 15) is 4.79 Å². The van der Waals surface area contributed by atoms with Crippen LogP contribution in [0.5, 0.6) is 0 Å². The van der Waals surface area contributed by atoms with Crippen molar-refractivity contribution >= 4 is 34.1 Å². The number of thiazole rings is 1. The summed E-state index contributed by atoms with van der Waals surface area (Å²) in [7, 11) is 3.88. The van der Waals surface area contributed by atoms with Gasteiger partial charge in [0.25, 0.3) is 0 Å². The fraction of sp³-hybridized carbons (Fsp3) is 0.286. The first-order valence-electron chi connectivity index (χ1n) is 6.42. The maximum absolute atomic E-state index is 11.7. The molecule has 0 aliphatic rings. The number of rotatable bonds is 5.